The van der Waals surface area contributed by atoms with Gasteiger partial charge in [-0.2, -0.15) is 17.9 Å². The molecule has 2 N–H and O–H groups in total. The molecule has 3 rings (SSSR count). The van der Waals surface area contributed by atoms with Gasteiger partial charge in [-0.15, -0.1) is 0 Å². The molecule has 8 heteroatoms. The first-order valence-corrected chi connectivity index (χ1v) is 13.0. The normalized spacial score (nSPS) is 14.0. The summed E-state index contributed by atoms with van der Waals surface area (Å²) in [7, 11) is -4.47. The van der Waals surface area contributed by atoms with Gasteiger partial charge in [0.2, 0.25) is 10.0 Å². The number of aromatic amines is 1. The van der Waals surface area contributed by atoms with Crippen molar-refractivity contribution < 1.29 is 21.6 Å². The van der Waals surface area contributed by atoms with E-state index in [-0.39, 0.29) is 22.6 Å². The number of rotatable bonds is 8. The van der Waals surface area contributed by atoms with E-state index in [2.05, 4.69) is 4.98 Å². The van der Waals surface area contributed by atoms with Crippen LogP contribution in [0.2, 0.25) is 0 Å². The summed E-state index contributed by atoms with van der Waals surface area (Å²) in [6.07, 6.45) is -3.77. The molecule has 1 unspecified atom stereocenters. The molecular weight excluding hydrogens is 461 g/mol. The number of aromatic nitrogens is 1. The Kier molecular flexibility index (Phi) is 7.53. The van der Waals surface area contributed by atoms with Gasteiger partial charge in [0.15, 0.2) is 0 Å². The van der Waals surface area contributed by atoms with Crippen molar-refractivity contribution in [2.45, 2.75) is 82.8 Å². The van der Waals surface area contributed by atoms with Crippen LogP contribution in [0.4, 0.5) is 13.2 Å². The van der Waals surface area contributed by atoms with Gasteiger partial charge in [0.1, 0.15) is 6.04 Å². The van der Waals surface area contributed by atoms with Gasteiger partial charge in [0, 0.05) is 17.1 Å². The van der Waals surface area contributed by atoms with Crippen molar-refractivity contribution in [1.29, 1.82) is 0 Å². The van der Waals surface area contributed by atoms with E-state index in [0.29, 0.717) is 27.6 Å². The molecule has 0 saturated carbocycles. The van der Waals surface area contributed by atoms with Crippen molar-refractivity contribution in [2.24, 2.45) is 0 Å². The maximum absolute atomic E-state index is 14.1. The second-order valence-corrected chi connectivity index (χ2v) is 11.4. The van der Waals surface area contributed by atoms with Crippen LogP contribution in [0, 0.1) is 0 Å². The number of hydrogen-bond donors (Lipinski definition) is 2. The number of H-pyrrole nitrogens is 1. The van der Waals surface area contributed by atoms with Crippen molar-refractivity contribution in [3.8, 4) is 0 Å². The van der Waals surface area contributed by atoms with Crippen LogP contribution in [0.5, 0.6) is 0 Å². The van der Waals surface area contributed by atoms with E-state index in [1.807, 2.05) is 58.4 Å². The number of halogens is 3. The quantitative estimate of drug-likeness (QED) is 0.354. The fraction of sp³-hybridized carbons (Fsp3) is 0.462. The lowest BCUT2D eigenvalue weighted by atomic mass is 9.89. The van der Waals surface area contributed by atoms with Crippen LogP contribution in [-0.4, -0.2) is 25.6 Å². The van der Waals surface area contributed by atoms with Crippen LogP contribution in [0.3, 0.4) is 0 Å². The first-order valence-electron chi connectivity index (χ1n) is 11.5. The van der Waals surface area contributed by atoms with Crippen molar-refractivity contribution in [3.63, 3.8) is 0 Å². The van der Waals surface area contributed by atoms with Gasteiger partial charge in [-0.3, -0.25) is 0 Å². The van der Waals surface area contributed by atoms with E-state index >= 15 is 0 Å². The zero-order valence-electron chi connectivity index (χ0n) is 20.4. The lowest BCUT2D eigenvalue weighted by Crippen LogP contribution is -2.47. The summed E-state index contributed by atoms with van der Waals surface area (Å²) < 4.78 is 71.5. The fourth-order valence-electron chi connectivity index (χ4n) is 4.19. The number of fused-ring (bicyclic) bond motifs is 1. The Balaban J connectivity index is 2.10. The Hall–Kier alpha value is -2.32. The first kappa shape index (κ1) is 26.3. The number of benzene rings is 2. The van der Waals surface area contributed by atoms with E-state index in [4.69, 9.17) is 0 Å². The minimum absolute atomic E-state index is 0.0323. The molecule has 3 aromatic rings. The number of para-hydroxylation sites is 1. The number of hydrogen-bond acceptors (Lipinski definition) is 2. The molecule has 2 aromatic carbocycles. The Morgan fingerprint density at radius 3 is 1.97 bits per heavy atom. The third-order valence-corrected chi connectivity index (χ3v) is 7.74. The molecule has 0 saturated heterocycles. The molecule has 1 atom stereocenters. The summed E-state index contributed by atoms with van der Waals surface area (Å²) >= 11 is 0. The summed E-state index contributed by atoms with van der Waals surface area (Å²) in [6, 6.07) is 8.39. The molecule has 0 aliphatic carbocycles. The monoisotopic (exact) mass is 494 g/mol. The second-order valence-electron chi connectivity index (χ2n) is 9.77. The van der Waals surface area contributed by atoms with E-state index in [1.165, 1.54) is 6.20 Å². The van der Waals surface area contributed by atoms with Crippen molar-refractivity contribution in [2.75, 3.05) is 0 Å². The van der Waals surface area contributed by atoms with Crippen molar-refractivity contribution in [3.05, 3.63) is 64.8 Å². The minimum Gasteiger partial charge on any atom is -0.361 e. The van der Waals surface area contributed by atoms with Gasteiger partial charge in [0.05, 0.1) is 4.90 Å². The van der Waals surface area contributed by atoms with Crippen LogP contribution in [0.1, 0.15) is 81.5 Å². The Morgan fingerprint density at radius 2 is 1.47 bits per heavy atom. The molecule has 0 radical (unpaired) electrons. The molecule has 0 bridgehead atoms. The summed E-state index contributed by atoms with van der Waals surface area (Å²) in [5.41, 5.74) is 3.15. The standard InChI is InChI=1S/C26H33F3N2O2S/c1-15(2)18-11-21(16(3)4)25(22(12-18)17(5)6)34(32,33)31-24(26(27,28)29)13-19-14-30-23-10-8-7-9-20(19)23/h7-12,14-17,24,30-31H,13H2,1-6H3. The third-order valence-electron chi connectivity index (χ3n) is 6.14. The summed E-state index contributed by atoms with van der Waals surface area (Å²) in [5.74, 6) is -0.203. The molecule has 1 aromatic heterocycles. The van der Waals surface area contributed by atoms with E-state index in [0.717, 1.165) is 5.56 Å². The van der Waals surface area contributed by atoms with Crippen LogP contribution < -0.4 is 4.72 Å². The summed E-state index contributed by atoms with van der Waals surface area (Å²) in [4.78, 5) is 2.93. The lowest BCUT2D eigenvalue weighted by Gasteiger charge is -2.26. The average Bonchev–Trinajstić information content (AvgIpc) is 3.14. The summed E-state index contributed by atoms with van der Waals surface area (Å²) in [6.45, 7) is 11.4. The predicted octanol–water partition coefficient (Wildman–Crippen LogP) is 6.99. The number of alkyl halides is 3. The topological polar surface area (TPSA) is 62.0 Å². The zero-order valence-corrected chi connectivity index (χ0v) is 21.2. The van der Waals surface area contributed by atoms with Gasteiger partial charge in [-0.05, 0) is 52.5 Å². The second kappa shape index (κ2) is 9.74. The molecule has 0 aliphatic heterocycles. The number of nitrogens with one attached hydrogen (secondary N) is 2. The van der Waals surface area contributed by atoms with Crippen molar-refractivity contribution >= 4 is 20.9 Å². The van der Waals surface area contributed by atoms with E-state index < -0.39 is 28.7 Å². The predicted molar refractivity (Wildman–Crippen MR) is 131 cm³/mol. The largest absolute Gasteiger partial charge is 0.405 e. The van der Waals surface area contributed by atoms with E-state index in [9.17, 15) is 21.6 Å². The Bertz CT molecular complexity index is 1230. The summed E-state index contributed by atoms with van der Waals surface area (Å²) in [5, 5.41) is 0.642. The SMILES string of the molecule is CC(C)c1cc(C(C)C)c(S(=O)(=O)NC(Cc2c[nH]c3ccccc23)C(F)(F)F)c(C(C)C)c1. The highest BCUT2D eigenvalue weighted by Crippen LogP contribution is 2.36. The molecule has 34 heavy (non-hydrogen) atoms. The molecule has 0 spiro atoms. The van der Waals surface area contributed by atoms with Crippen molar-refractivity contribution in [1.82, 2.24) is 9.71 Å². The highest BCUT2D eigenvalue weighted by Gasteiger charge is 2.43. The maximum Gasteiger partial charge on any atom is 0.405 e. The van der Waals surface area contributed by atoms with Crippen LogP contribution >= 0.6 is 0 Å². The molecular formula is C26H33F3N2O2S. The Morgan fingerprint density at radius 1 is 0.912 bits per heavy atom. The van der Waals surface area contributed by atoms with Gasteiger partial charge < -0.3 is 4.98 Å². The van der Waals surface area contributed by atoms with E-state index in [1.54, 1.807) is 24.3 Å². The van der Waals surface area contributed by atoms with Gasteiger partial charge >= 0.3 is 6.18 Å². The molecule has 1 heterocycles. The molecule has 0 amide bonds. The van der Waals surface area contributed by atoms with Gasteiger partial charge in [-0.1, -0.05) is 71.9 Å². The highest BCUT2D eigenvalue weighted by atomic mass is 32.2. The lowest BCUT2D eigenvalue weighted by molar-refractivity contribution is -0.150. The number of sulfonamides is 1. The highest BCUT2D eigenvalue weighted by molar-refractivity contribution is 7.89. The fourth-order valence-corrected chi connectivity index (χ4v) is 6.11. The zero-order chi connectivity index (χ0) is 25.4. The maximum atomic E-state index is 14.1. The molecule has 4 nitrogen and oxygen atoms in total. The third kappa shape index (κ3) is 5.49. The average molecular weight is 495 g/mol. The Labute approximate surface area is 200 Å². The molecule has 0 fully saturated rings. The van der Waals surface area contributed by atoms with Crippen LogP contribution in [-0.2, 0) is 16.4 Å². The molecule has 186 valence electrons. The van der Waals surface area contributed by atoms with Crippen LogP contribution in [0.15, 0.2) is 47.5 Å². The smallest absolute Gasteiger partial charge is 0.361 e. The minimum atomic E-state index is -4.76. The van der Waals surface area contributed by atoms with Gasteiger partial charge in [-0.25, -0.2) is 8.42 Å². The first-order chi connectivity index (χ1) is 15.7. The molecule has 0 aliphatic rings. The van der Waals surface area contributed by atoms with Gasteiger partial charge in [0.25, 0.3) is 0 Å². The van der Waals surface area contributed by atoms with Crippen LogP contribution in [0.25, 0.3) is 10.9 Å².